The van der Waals surface area contributed by atoms with Gasteiger partial charge >= 0.3 is 5.97 Å². The molecule has 0 aromatic heterocycles. The first-order valence-corrected chi connectivity index (χ1v) is 11.4. The lowest BCUT2D eigenvalue weighted by molar-refractivity contribution is -0.164. The Balaban J connectivity index is 3.02. The third kappa shape index (κ3) is 5.83. The Bertz CT molecular complexity index is 789. The van der Waals surface area contributed by atoms with Crippen LogP contribution >= 0.6 is 0 Å². The molecule has 0 aliphatic rings. The molecule has 0 amide bonds. The van der Waals surface area contributed by atoms with Gasteiger partial charge in [-0.25, -0.2) is 4.39 Å². The number of hydrogen-bond acceptors (Lipinski definition) is 6. The maximum atomic E-state index is 13.0. The SMILES string of the molecule is CCC(C)C(C)(C)OC(=O)C(C)(COS(=O)(=O)c1ccc(F)cc1)S(C)=O. The van der Waals surface area contributed by atoms with E-state index in [1.54, 1.807) is 13.8 Å². The lowest BCUT2D eigenvalue weighted by atomic mass is 9.90. The van der Waals surface area contributed by atoms with Gasteiger partial charge in [-0.3, -0.25) is 13.2 Å². The summed E-state index contributed by atoms with van der Waals surface area (Å²) in [5.74, 6) is -1.35. The van der Waals surface area contributed by atoms with E-state index in [9.17, 15) is 21.8 Å². The molecule has 0 aliphatic heterocycles. The summed E-state index contributed by atoms with van der Waals surface area (Å²) in [5, 5.41) is 0. The Morgan fingerprint density at radius 3 is 2.19 bits per heavy atom. The number of carbonyl (C=O) groups excluding carboxylic acids is 1. The molecule has 6 nitrogen and oxygen atoms in total. The van der Waals surface area contributed by atoms with Gasteiger partial charge in [-0.05, 0) is 57.4 Å². The molecule has 154 valence electrons. The number of halogens is 1. The second-order valence-corrected chi connectivity index (χ2v) is 10.6. The predicted molar refractivity (Wildman–Crippen MR) is 102 cm³/mol. The Hall–Kier alpha value is -1.32. The van der Waals surface area contributed by atoms with Crippen molar-refractivity contribution in [1.82, 2.24) is 0 Å². The van der Waals surface area contributed by atoms with E-state index in [0.29, 0.717) is 0 Å². The van der Waals surface area contributed by atoms with Gasteiger partial charge in [-0.2, -0.15) is 8.42 Å². The number of hydrogen-bond donors (Lipinski definition) is 0. The molecular weight excluding hydrogens is 395 g/mol. The summed E-state index contributed by atoms with van der Waals surface area (Å²) in [7, 11) is -6.02. The van der Waals surface area contributed by atoms with Crippen molar-refractivity contribution in [2.45, 2.75) is 56.3 Å². The maximum absolute atomic E-state index is 13.0. The molecule has 1 aromatic carbocycles. The van der Waals surface area contributed by atoms with Crippen LogP contribution in [0.15, 0.2) is 29.2 Å². The Kier molecular flexibility index (Phi) is 7.72. The van der Waals surface area contributed by atoms with Crippen LogP contribution in [0.1, 0.15) is 41.0 Å². The number of esters is 1. The second kappa shape index (κ2) is 8.79. The predicted octanol–water partition coefficient (Wildman–Crippen LogP) is 3.04. The molecule has 0 radical (unpaired) electrons. The van der Waals surface area contributed by atoms with Crippen LogP contribution in [0.4, 0.5) is 4.39 Å². The van der Waals surface area contributed by atoms with E-state index in [-0.39, 0.29) is 10.8 Å². The highest BCUT2D eigenvalue weighted by molar-refractivity contribution is 7.87. The number of ether oxygens (including phenoxy) is 1. The topological polar surface area (TPSA) is 86.7 Å². The molecule has 0 bridgehead atoms. The molecule has 1 rings (SSSR count). The van der Waals surface area contributed by atoms with Crippen molar-refractivity contribution in [3.63, 3.8) is 0 Å². The molecule has 27 heavy (non-hydrogen) atoms. The number of carbonyl (C=O) groups is 1. The lowest BCUT2D eigenvalue weighted by Crippen LogP contribution is -2.49. The summed E-state index contributed by atoms with van der Waals surface area (Å²) < 4.78 is 58.6. The van der Waals surface area contributed by atoms with Crippen LogP contribution in [0.2, 0.25) is 0 Å². The molecule has 0 aliphatic carbocycles. The van der Waals surface area contributed by atoms with Gasteiger partial charge in [-0.1, -0.05) is 13.8 Å². The van der Waals surface area contributed by atoms with E-state index in [1.807, 2.05) is 13.8 Å². The monoisotopic (exact) mass is 422 g/mol. The molecule has 0 heterocycles. The average Bonchev–Trinajstić information content (AvgIpc) is 2.58. The molecule has 1 aromatic rings. The van der Waals surface area contributed by atoms with Crippen molar-refractivity contribution in [3.05, 3.63) is 30.1 Å². The van der Waals surface area contributed by atoms with Gasteiger partial charge < -0.3 is 4.74 Å². The molecular formula is C18H27FO6S2. The first kappa shape index (κ1) is 23.7. The molecule has 3 unspecified atom stereocenters. The van der Waals surface area contributed by atoms with Gasteiger partial charge in [0.2, 0.25) is 0 Å². The zero-order valence-electron chi connectivity index (χ0n) is 16.4. The van der Waals surface area contributed by atoms with Crippen LogP contribution in [0, 0.1) is 11.7 Å². The van der Waals surface area contributed by atoms with Crippen LogP contribution in [0.5, 0.6) is 0 Å². The summed E-state index contributed by atoms with van der Waals surface area (Å²) in [6, 6.07) is 4.07. The van der Waals surface area contributed by atoms with Gasteiger partial charge in [0.05, 0.1) is 11.5 Å². The third-order valence-corrected chi connectivity index (χ3v) is 7.64. The Morgan fingerprint density at radius 2 is 1.74 bits per heavy atom. The highest BCUT2D eigenvalue weighted by atomic mass is 32.2. The Morgan fingerprint density at radius 1 is 1.22 bits per heavy atom. The fourth-order valence-electron chi connectivity index (χ4n) is 2.06. The quantitative estimate of drug-likeness (QED) is 0.449. The first-order valence-electron chi connectivity index (χ1n) is 8.48. The summed E-state index contributed by atoms with van der Waals surface area (Å²) >= 11 is 0. The van der Waals surface area contributed by atoms with Crippen molar-refractivity contribution in [3.8, 4) is 0 Å². The standard InChI is InChI=1S/C18H27FO6S2/c1-7-13(2)17(3,4)25-16(20)18(5,26(6)21)12-24-27(22,23)15-10-8-14(19)9-11-15/h8-11,13H,7,12H2,1-6H3. The summed E-state index contributed by atoms with van der Waals surface area (Å²) in [4.78, 5) is 12.4. The van der Waals surface area contributed by atoms with E-state index in [1.165, 1.54) is 13.2 Å². The fraction of sp³-hybridized carbons (Fsp3) is 0.611. The lowest BCUT2D eigenvalue weighted by Gasteiger charge is -2.35. The van der Waals surface area contributed by atoms with E-state index in [2.05, 4.69) is 0 Å². The van der Waals surface area contributed by atoms with E-state index < -0.39 is 49.7 Å². The molecule has 0 N–H and O–H groups in total. The first-order chi connectivity index (χ1) is 12.3. The van der Waals surface area contributed by atoms with Crippen LogP contribution in [-0.4, -0.2) is 41.8 Å². The van der Waals surface area contributed by atoms with E-state index in [0.717, 1.165) is 30.7 Å². The van der Waals surface area contributed by atoms with Crippen molar-refractivity contribution < 1.29 is 30.7 Å². The number of rotatable bonds is 9. The van der Waals surface area contributed by atoms with Crippen molar-refractivity contribution in [1.29, 1.82) is 0 Å². The number of benzene rings is 1. The van der Waals surface area contributed by atoms with Crippen LogP contribution in [-0.2, 0) is 34.6 Å². The molecule has 9 heteroatoms. The minimum atomic E-state index is -4.25. The van der Waals surface area contributed by atoms with Gasteiger partial charge in [0, 0.05) is 17.1 Å². The third-order valence-electron chi connectivity index (χ3n) is 4.81. The van der Waals surface area contributed by atoms with Gasteiger partial charge in [0.25, 0.3) is 10.1 Å². The summed E-state index contributed by atoms with van der Waals surface area (Å²) in [6.45, 7) is 8.03. The van der Waals surface area contributed by atoms with Gasteiger partial charge in [-0.15, -0.1) is 0 Å². The van der Waals surface area contributed by atoms with Gasteiger partial charge in [0.1, 0.15) is 11.4 Å². The second-order valence-electron chi connectivity index (χ2n) is 7.16. The zero-order valence-corrected chi connectivity index (χ0v) is 18.1. The molecule has 0 fully saturated rings. The largest absolute Gasteiger partial charge is 0.458 e. The van der Waals surface area contributed by atoms with E-state index in [4.69, 9.17) is 8.92 Å². The molecule has 0 saturated heterocycles. The molecule has 3 atom stereocenters. The molecule has 0 spiro atoms. The van der Waals surface area contributed by atoms with Crippen LogP contribution < -0.4 is 0 Å². The van der Waals surface area contributed by atoms with Crippen molar-refractivity contribution in [2.24, 2.45) is 5.92 Å². The van der Waals surface area contributed by atoms with Gasteiger partial charge in [0.15, 0.2) is 4.75 Å². The summed E-state index contributed by atoms with van der Waals surface area (Å²) in [6.07, 6.45) is 2.05. The maximum Gasteiger partial charge on any atom is 0.327 e. The zero-order chi connectivity index (χ0) is 21.0. The van der Waals surface area contributed by atoms with Crippen LogP contribution in [0.3, 0.4) is 0 Å². The van der Waals surface area contributed by atoms with E-state index >= 15 is 0 Å². The minimum absolute atomic E-state index is 0.0415. The van der Waals surface area contributed by atoms with Crippen molar-refractivity contribution in [2.75, 3.05) is 12.9 Å². The highest BCUT2D eigenvalue weighted by Crippen LogP contribution is 2.28. The molecule has 0 saturated carbocycles. The normalized spacial score (nSPS) is 17.0. The Labute approximate surface area is 163 Å². The van der Waals surface area contributed by atoms with Crippen LogP contribution in [0.25, 0.3) is 0 Å². The highest BCUT2D eigenvalue weighted by Gasteiger charge is 2.44. The van der Waals surface area contributed by atoms with Crippen molar-refractivity contribution >= 4 is 26.9 Å². The average molecular weight is 423 g/mol. The minimum Gasteiger partial charge on any atom is -0.458 e. The fourth-order valence-corrected chi connectivity index (χ4v) is 3.63. The summed E-state index contributed by atoms with van der Waals surface area (Å²) in [5.41, 5.74) is -0.817. The smallest absolute Gasteiger partial charge is 0.327 e.